The fourth-order valence-electron chi connectivity index (χ4n) is 2.39. The van der Waals surface area contributed by atoms with Gasteiger partial charge in [0.15, 0.2) is 0 Å². The van der Waals surface area contributed by atoms with Crippen LogP contribution in [0.3, 0.4) is 0 Å². The number of ether oxygens (including phenoxy) is 1. The maximum Gasteiger partial charge on any atom is 0.495 e. The molecule has 0 spiro atoms. The van der Waals surface area contributed by atoms with Gasteiger partial charge < -0.3 is 14.0 Å². The van der Waals surface area contributed by atoms with E-state index in [-0.39, 0.29) is 5.97 Å². The normalized spacial score (nSPS) is 19.4. The number of hydrogen-bond donors (Lipinski definition) is 0. The molecule has 0 bridgehead atoms. The zero-order chi connectivity index (χ0) is 18.2. The van der Waals surface area contributed by atoms with Crippen LogP contribution >= 0.6 is 0 Å². The molecule has 0 atom stereocenters. The van der Waals surface area contributed by atoms with Crippen molar-refractivity contribution in [3.8, 4) is 0 Å². The number of hydrogen-bond acceptors (Lipinski definition) is 4. The lowest BCUT2D eigenvalue weighted by atomic mass is 9.76. The van der Waals surface area contributed by atoms with E-state index in [9.17, 15) is 4.79 Å². The first-order chi connectivity index (χ1) is 10.9. The molecule has 0 unspecified atom stereocenters. The summed E-state index contributed by atoms with van der Waals surface area (Å²) in [5.74, 6) is -0.307. The van der Waals surface area contributed by atoms with Crippen molar-refractivity contribution in [3.63, 3.8) is 0 Å². The van der Waals surface area contributed by atoms with Gasteiger partial charge in [-0.15, -0.1) is 0 Å². The van der Waals surface area contributed by atoms with E-state index in [0.29, 0.717) is 12.2 Å². The van der Waals surface area contributed by atoms with E-state index in [1.807, 2.05) is 45.9 Å². The van der Waals surface area contributed by atoms with E-state index >= 15 is 0 Å². The molecular weight excluding hydrogens is 319 g/mol. The third kappa shape index (κ3) is 4.29. The summed E-state index contributed by atoms with van der Waals surface area (Å²) in [5, 5.41) is 0. The van der Waals surface area contributed by atoms with Gasteiger partial charge in [0.1, 0.15) is 0 Å². The molecule has 1 aliphatic heterocycles. The Morgan fingerprint density at radius 3 is 2.17 bits per heavy atom. The molecule has 1 saturated heterocycles. The molecule has 1 aliphatic rings. The second-order valence-corrected chi connectivity index (χ2v) is 14.2. The Hall–Kier alpha value is -1.11. The predicted molar refractivity (Wildman–Crippen MR) is 101 cm³/mol. The van der Waals surface area contributed by atoms with Crippen LogP contribution < -0.4 is 5.46 Å². The van der Waals surface area contributed by atoms with Gasteiger partial charge in [-0.1, -0.05) is 37.8 Å². The summed E-state index contributed by atoms with van der Waals surface area (Å²) in [5.41, 5.74) is 0.375. The summed E-state index contributed by atoms with van der Waals surface area (Å²) in [4.78, 5) is 12.5. The van der Waals surface area contributed by atoms with E-state index in [0.717, 1.165) is 11.5 Å². The van der Waals surface area contributed by atoms with Crippen LogP contribution in [0, 0.1) is 0 Å². The van der Waals surface area contributed by atoms with Gasteiger partial charge in [-0.25, -0.2) is 4.79 Å². The van der Waals surface area contributed by atoms with Gasteiger partial charge in [0.25, 0.3) is 0 Å². The maximum atomic E-state index is 12.5. The Kier molecular flexibility index (Phi) is 5.33. The molecule has 0 amide bonds. The number of carbonyl (C=O) groups excluding carboxylic acids is 1. The average Bonchev–Trinajstić information content (AvgIpc) is 2.66. The standard InChI is InChI=1S/C18H29BO4Si/c1-17(2)18(3,4)23-19(22-17)15-11-9-8-10-14(15)16(20)21-12-13-24(5,6)7/h8-11H,12-13H2,1-7H3. The van der Waals surface area contributed by atoms with Crippen LogP contribution in [0.4, 0.5) is 0 Å². The Morgan fingerprint density at radius 1 is 1.08 bits per heavy atom. The van der Waals surface area contributed by atoms with Crippen LogP contribution in [0.5, 0.6) is 0 Å². The van der Waals surface area contributed by atoms with Gasteiger partial charge in [0, 0.05) is 8.07 Å². The lowest BCUT2D eigenvalue weighted by Gasteiger charge is -2.32. The number of carbonyl (C=O) groups is 1. The van der Waals surface area contributed by atoms with Gasteiger partial charge in [-0.05, 0) is 45.3 Å². The third-order valence-corrected chi connectivity index (χ3v) is 6.48. The molecule has 4 nitrogen and oxygen atoms in total. The maximum absolute atomic E-state index is 12.5. The monoisotopic (exact) mass is 348 g/mol. The highest BCUT2D eigenvalue weighted by atomic mass is 28.3. The largest absolute Gasteiger partial charge is 0.495 e. The van der Waals surface area contributed by atoms with Crippen LogP contribution in [0.1, 0.15) is 38.1 Å². The second kappa shape index (κ2) is 6.65. The molecule has 1 fully saturated rings. The van der Waals surface area contributed by atoms with E-state index in [1.165, 1.54) is 0 Å². The quantitative estimate of drug-likeness (QED) is 0.604. The van der Waals surface area contributed by atoms with Crippen LogP contribution in [-0.4, -0.2) is 39.0 Å². The van der Waals surface area contributed by atoms with Gasteiger partial charge in [-0.3, -0.25) is 0 Å². The predicted octanol–water partition coefficient (Wildman–Crippen LogP) is 3.48. The van der Waals surface area contributed by atoms with Crippen molar-refractivity contribution in [2.45, 2.75) is 64.6 Å². The Bertz CT molecular complexity index is 591. The van der Waals surface area contributed by atoms with Crippen molar-refractivity contribution < 1.29 is 18.8 Å². The van der Waals surface area contributed by atoms with Crippen molar-refractivity contribution in [1.29, 1.82) is 0 Å². The summed E-state index contributed by atoms with van der Waals surface area (Å²) in [6.07, 6.45) is 0. The highest BCUT2D eigenvalue weighted by molar-refractivity contribution is 6.76. The third-order valence-electron chi connectivity index (χ3n) is 4.77. The van der Waals surface area contributed by atoms with E-state index in [2.05, 4.69) is 19.6 Å². The summed E-state index contributed by atoms with van der Waals surface area (Å²) in [7, 11) is -1.79. The first-order valence-corrected chi connectivity index (χ1v) is 12.3. The molecule has 0 N–H and O–H groups in total. The smallest absolute Gasteiger partial charge is 0.462 e. The highest BCUT2D eigenvalue weighted by Gasteiger charge is 2.52. The van der Waals surface area contributed by atoms with E-state index in [1.54, 1.807) is 6.07 Å². The molecule has 1 heterocycles. The minimum atomic E-state index is -1.23. The second-order valence-electron chi connectivity index (χ2n) is 8.62. The molecule has 0 radical (unpaired) electrons. The van der Waals surface area contributed by atoms with Gasteiger partial charge >= 0.3 is 13.1 Å². The van der Waals surface area contributed by atoms with Crippen molar-refractivity contribution in [2.24, 2.45) is 0 Å². The first kappa shape index (κ1) is 19.2. The minimum Gasteiger partial charge on any atom is -0.462 e. The first-order valence-electron chi connectivity index (χ1n) is 8.55. The number of rotatable bonds is 5. The summed E-state index contributed by atoms with van der Waals surface area (Å²) < 4.78 is 17.6. The lowest BCUT2D eigenvalue weighted by Crippen LogP contribution is -2.41. The highest BCUT2D eigenvalue weighted by Crippen LogP contribution is 2.36. The molecule has 0 saturated carbocycles. The Balaban J connectivity index is 2.15. The van der Waals surface area contributed by atoms with Crippen LogP contribution in [0.2, 0.25) is 25.7 Å². The molecule has 1 aromatic carbocycles. The van der Waals surface area contributed by atoms with Crippen molar-refractivity contribution >= 4 is 26.6 Å². The van der Waals surface area contributed by atoms with Crippen molar-refractivity contribution in [1.82, 2.24) is 0 Å². The van der Waals surface area contributed by atoms with E-state index in [4.69, 9.17) is 14.0 Å². The topological polar surface area (TPSA) is 44.8 Å². The zero-order valence-corrected chi connectivity index (χ0v) is 16.9. The van der Waals surface area contributed by atoms with Gasteiger partial charge in [0.05, 0.1) is 23.4 Å². The van der Waals surface area contributed by atoms with Crippen LogP contribution in [0.25, 0.3) is 0 Å². The summed E-state index contributed by atoms with van der Waals surface area (Å²) in [6, 6.07) is 8.33. The number of benzene rings is 1. The molecule has 0 aromatic heterocycles. The Morgan fingerprint density at radius 2 is 1.62 bits per heavy atom. The number of esters is 1. The van der Waals surface area contributed by atoms with Crippen LogP contribution in [0.15, 0.2) is 24.3 Å². The van der Waals surface area contributed by atoms with Crippen molar-refractivity contribution in [2.75, 3.05) is 6.61 Å². The molecule has 2 rings (SSSR count). The summed E-state index contributed by atoms with van der Waals surface area (Å²) >= 11 is 0. The molecule has 24 heavy (non-hydrogen) atoms. The van der Waals surface area contributed by atoms with Gasteiger partial charge in [-0.2, -0.15) is 0 Å². The lowest BCUT2D eigenvalue weighted by molar-refractivity contribution is 0.00578. The SMILES string of the molecule is CC1(C)OB(c2ccccc2C(=O)OCC[Si](C)(C)C)OC1(C)C. The molecule has 132 valence electrons. The average molecular weight is 348 g/mol. The minimum absolute atomic E-state index is 0.307. The van der Waals surface area contributed by atoms with Crippen LogP contribution in [-0.2, 0) is 14.0 Å². The van der Waals surface area contributed by atoms with Crippen molar-refractivity contribution in [3.05, 3.63) is 29.8 Å². The summed E-state index contributed by atoms with van der Waals surface area (Å²) in [6.45, 7) is 15.3. The van der Waals surface area contributed by atoms with Gasteiger partial charge in [0.2, 0.25) is 0 Å². The molecule has 0 aliphatic carbocycles. The fraction of sp³-hybridized carbons (Fsp3) is 0.611. The Labute approximate surface area is 147 Å². The van der Waals surface area contributed by atoms with E-state index < -0.39 is 26.4 Å². The molecule has 6 heteroatoms. The molecular formula is C18H29BO4Si. The fourth-order valence-corrected chi connectivity index (χ4v) is 3.10. The zero-order valence-electron chi connectivity index (χ0n) is 15.9. The molecule has 1 aromatic rings.